The van der Waals surface area contributed by atoms with Crippen molar-refractivity contribution in [3.05, 3.63) is 29.8 Å². The highest BCUT2D eigenvalue weighted by Gasteiger charge is 2.17. The Morgan fingerprint density at radius 2 is 1.50 bits per heavy atom. The second-order valence-electron chi connectivity index (χ2n) is 5.80. The van der Waals surface area contributed by atoms with Crippen LogP contribution < -0.4 is 4.52 Å². The fourth-order valence-corrected chi connectivity index (χ4v) is 3.48. The molecule has 22 heavy (non-hydrogen) atoms. The first-order valence-electron chi connectivity index (χ1n) is 8.58. The maximum absolute atomic E-state index is 11.9. The molecule has 1 aromatic rings. The quantitative estimate of drug-likeness (QED) is 0.338. The molecule has 0 heterocycles. The van der Waals surface area contributed by atoms with Gasteiger partial charge in [-0.15, -0.1) is 0 Å². The van der Waals surface area contributed by atoms with Gasteiger partial charge in [0.2, 0.25) is 0 Å². The molecular formula is C18H31O3P. The number of unbranched alkanes of at least 4 members (excludes halogenated alkanes) is 6. The van der Waals surface area contributed by atoms with Crippen LogP contribution >= 0.6 is 7.60 Å². The first kappa shape index (κ1) is 19.3. The summed E-state index contributed by atoms with van der Waals surface area (Å²) in [5.41, 5.74) is 1.31. The summed E-state index contributed by atoms with van der Waals surface area (Å²) in [6.07, 6.45) is 10.4. The lowest BCUT2D eigenvalue weighted by Crippen LogP contribution is -1.96. The van der Waals surface area contributed by atoms with Gasteiger partial charge in [0.05, 0.1) is 6.61 Å². The van der Waals surface area contributed by atoms with Crippen LogP contribution in [0.5, 0.6) is 5.75 Å². The lowest BCUT2D eigenvalue weighted by molar-refractivity contribution is 0.284. The summed E-state index contributed by atoms with van der Waals surface area (Å²) in [6.45, 7) is 5.96. The van der Waals surface area contributed by atoms with E-state index in [-0.39, 0.29) is 0 Å². The average molecular weight is 326 g/mol. The van der Waals surface area contributed by atoms with Crippen molar-refractivity contribution < 1.29 is 13.6 Å². The van der Waals surface area contributed by atoms with Gasteiger partial charge in [-0.3, -0.25) is 0 Å². The third kappa shape index (κ3) is 8.60. The molecule has 0 aliphatic heterocycles. The zero-order valence-corrected chi connectivity index (χ0v) is 15.2. The maximum Gasteiger partial charge on any atom is 0.376 e. The Hall–Kier alpha value is -0.790. The summed E-state index contributed by atoms with van der Waals surface area (Å²) in [5.74, 6) is 0.614. The Kier molecular flexibility index (Phi) is 9.50. The normalized spacial score (nSPS) is 13.8. The molecule has 1 atom stereocenters. The van der Waals surface area contributed by atoms with Gasteiger partial charge in [0.15, 0.2) is 0 Å². The number of aryl methyl sites for hydroxylation is 1. The molecule has 4 heteroatoms. The van der Waals surface area contributed by atoms with Crippen molar-refractivity contribution in [3.8, 4) is 5.75 Å². The SMILES string of the molecule is CCCCCCCCCc1ccc(OP(C)(=O)OCC)cc1. The molecule has 0 aliphatic rings. The van der Waals surface area contributed by atoms with Crippen LogP contribution in [-0.4, -0.2) is 13.3 Å². The Morgan fingerprint density at radius 3 is 2.09 bits per heavy atom. The van der Waals surface area contributed by atoms with Gasteiger partial charge in [-0.2, -0.15) is 0 Å². The predicted molar refractivity (Wildman–Crippen MR) is 93.9 cm³/mol. The summed E-state index contributed by atoms with van der Waals surface area (Å²) < 4.78 is 22.5. The number of hydrogen-bond donors (Lipinski definition) is 0. The van der Waals surface area contributed by atoms with E-state index in [1.165, 1.54) is 57.2 Å². The largest absolute Gasteiger partial charge is 0.425 e. The second kappa shape index (κ2) is 10.9. The third-order valence-corrected chi connectivity index (χ3v) is 4.90. The number of hydrogen-bond acceptors (Lipinski definition) is 3. The minimum atomic E-state index is -2.97. The van der Waals surface area contributed by atoms with Gasteiger partial charge in [0, 0.05) is 6.66 Å². The highest BCUT2D eigenvalue weighted by atomic mass is 31.2. The molecule has 126 valence electrons. The van der Waals surface area contributed by atoms with E-state index < -0.39 is 7.60 Å². The van der Waals surface area contributed by atoms with Crippen molar-refractivity contribution in [3.63, 3.8) is 0 Å². The molecule has 0 radical (unpaired) electrons. The lowest BCUT2D eigenvalue weighted by atomic mass is 10.0. The van der Waals surface area contributed by atoms with Crippen LogP contribution in [-0.2, 0) is 15.5 Å². The first-order chi connectivity index (χ1) is 10.6. The van der Waals surface area contributed by atoms with Crippen molar-refractivity contribution in [1.29, 1.82) is 0 Å². The Labute approximate surface area is 136 Å². The zero-order chi connectivity index (χ0) is 16.3. The molecule has 3 nitrogen and oxygen atoms in total. The highest BCUT2D eigenvalue weighted by molar-refractivity contribution is 7.53. The van der Waals surface area contributed by atoms with Gasteiger partial charge in [-0.05, 0) is 37.5 Å². The Balaban J connectivity index is 2.26. The van der Waals surface area contributed by atoms with Crippen molar-refractivity contribution in [2.75, 3.05) is 13.3 Å². The molecule has 0 bridgehead atoms. The van der Waals surface area contributed by atoms with Crippen molar-refractivity contribution >= 4 is 7.60 Å². The van der Waals surface area contributed by atoms with Crippen molar-refractivity contribution in [2.45, 2.75) is 65.2 Å². The predicted octanol–water partition coefficient (Wildman–Crippen LogP) is 6.22. The van der Waals surface area contributed by atoms with Crippen LogP contribution in [0, 0.1) is 0 Å². The van der Waals surface area contributed by atoms with Gasteiger partial charge in [0.25, 0.3) is 0 Å². The Bertz CT molecular complexity index is 442. The van der Waals surface area contributed by atoms with E-state index in [9.17, 15) is 4.57 Å². The van der Waals surface area contributed by atoms with Crippen LogP contribution in [0.25, 0.3) is 0 Å². The summed E-state index contributed by atoms with van der Waals surface area (Å²) >= 11 is 0. The molecule has 1 rings (SSSR count). The minimum absolute atomic E-state index is 0.393. The summed E-state index contributed by atoms with van der Waals surface area (Å²) in [7, 11) is -2.97. The highest BCUT2D eigenvalue weighted by Crippen LogP contribution is 2.44. The van der Waals surface area contributed by atoms with Crippen molar-refractivity contribution in [1.82, 2.24) is 0 Å². The van der Waals surface area contributed by atoms with E-state index in [2.05, 4.69) is 19.1 Å². The molecule has 0 amide bonds. The van der Waals surface area contributed by atoms with E-state index in [1.54, 1.807) is 0 Å². The summed E-state index contributed by atoms with van der Waals surface area (Å²) in [4.78, 5) is 0. The molecule has 1 unspecified atom stereocenters. The molecule has 0 fully saturated rings. The van der Waals surface area contributed by atoms with E-state index in [1.807, 2.05) is 19.1 Å². The summed E-state index contributed by atoms with van der Waals surface area (Å²) in [6, 6.07) is 7.87. The minimum Gasteiger partial charge on any atom is -0.425 e. The standard InChI is InChI=1S/C18H31O3P/c1-4-6-7-8-9-10-11-12-17-13-15-18(16-14-17)21-22(3,19)20-5-2/h13-16H,4-12H2,1-3H3. The van der Waals surface area contributed by atoms with Gasteiger partial charge in [0.1, 0.15) is 5.75 Å². The number of benzene rings is 1. The van der Waals surface area contributed by atoms with Crippen LogP contribution in [0.2, 0.25) is 0 Å². The third-order valence-electron chi connectivity index (χ3n) is 3.63. The van der Waals surface area contributed by atoms with E-state index in [0.29, 0.717) is 12.4 Å². The van der Waals surface area contributed by atoms with Gasteiger partial charge >= 0.3 is 7.60 Å². The zero-order valence-electron chi connectivity index (χ0n) is 14.3. The van der Waals surface area contributed by atoms with Crippen LogP contribution in [0.15, 0.2) is 24.3 Å². The summed E-state index contributed by atoms with van der Waals surface area (Å²) in [5, 5.41) is 0. The monoisotopic (exact) mass is 326 g/mol. The van der Waals surface area contributed by atoms with E-state index >= 15 is 0 Å². The molecule has 0 spiro atoms. The van der Waals surface area contributed by atoms with Crippen LogP contribution in [0.3, 0.4) is 0 Å². The van der Waals surface area contributed by atoms with Gasteiger partial charge in [-0.25, -0.2) is 4.57 Å². The smallest absolute Gasteiger partial charge is 0.376 e. The molecule has 0 saturated heterocycles. The van der Waals surface area contributed by atoms with Gasteiger partial charge < -0.3 is 9.05 Å². The molecule has 0 N–H and O–H groups in total. The first-order valence-corrected chi connectivity index (χ1v) is 10.6. The van der Waals surface area contributed by atoms with E-state index in [4.69, 9.17) is 9.05 Å². The molecule has 1 aromatic carbocycles. The maximum atomic E-state index is 11.9. The lowest BCUT2D eigenvalue weighted by Gasteiger charge is -2.14. The van der Waals surface area contributed by atoms with Crippen molar-refractivity contribution in [2.24, 2.45) is 0 Å². The molecular weight excluding hydrogens is 295 g/mol. The van der Waals surface area contributed by atoms with Gasteiger partial charge in [-0.1, -0.05) is 57.6 Å². The number of rotatable bonds is 12. The fourth-order valence-electron chi connectivity index (χ4n) is 2.46. The van der Waals surface area contributed by atoms with Crippen LogP contribution in [0.1, 0.15) is 64.4 Å². The molecule has 0 aromatic heterocycles. The van der Waals surface area contributed by atoms with E-state index in [0.717, 1.165) is 6.42 Å². The average Bonchev–Trinajstić information content (AvgIpc) is 2.47. The van der Waals surface area contributed by atoms with Crippen LogP contribution in [0.4, 0.5) is 0 Å². The molecule has 0 saturated carbocycles. The second-order valence-corrected chi connectivity index (χ2v) is 7.78. The topological polar surface area (TPSA) is 35.5 Å². The Morgan fingerprint density at radius 1 is 0.909 bits per heavy atom. The fraction of sp³-hybridized carbons (Fsp3) is 0.667. The molecule has 0 aliphatic carbocycles.